The van der Waals surface area contributed by atoms with Gasteiger partial charge in [0.15, 0.2) is 5.60 Å². The average molecular weight is 472 g/mol. The van der Waals surface area contributed by atoms with Gasteiger partial charge in [-0.05, 0) is 72.1 Å². The number of nitrogens with one attached hydrogen (secondary N) is 1. The molecule has 186 valence electrons. The topological polar surface area (TPSA) is 88.2 Å². The van der Waals surface area contributed by atoms with E-state index in [9.17, 15) is 14.4 Å². The molecular formula is C26H37N3O5. The normalized spacial score (nSPS) is 23.9. The average Bonchev–Trinajstić information content (AvgIpc) is 3.61. The molecule has 4 rings (SSSR count). The van der Waals surface area contributed by atoms with Crippen molar-refractivity contribution in [3.8, 4) is 5.75 Å². The van der Waals surface area contributed by atoms with E-state index in [0.717, 1.165) is 18.5 Å². The number of ketones is 1. The Bertz CT molecular complexity index is 956. The van der Waals surface area contributed by atoms with Crippen molar-refractivity contribution >= 4 is 29.0 Å². The van der Waals surface area contributed by atoms with Crippen molar-refractivity contribution in [2.24, 2.45) is 11.8 Å². The lowest BCUT2D eigenvalue weighted by Gasteiger charge is -2.39. The van der Waals surface area contributed by atoms with E-state index < -0.39 is 5.60 Å². The highest BCUT2D eigenvalue weighted by Gasteiger charge is 2.43. The Balaban J connectivity index is 1.62. The molecule has 0 bridgehead atoms. The van der Waals surface area contributed by atoms with E-state index in [1.165, 1.54) is 0 Å². The van der Waals surface area contributed by atoms with Crippen LogP contribution < -0.4 is 19.9 Å². The number of hydrogen-bond acceptors (Lipinski definition) is 6. The highest BCUT2D eigenvalue weighted by molar-refractivity contribution is 6.04. The van der Waals surface area contributed by atoms with Gasteiger partial charge >= 0.3 is 0 Å². The lowest BCUT2D eigenvalue weighted by molar-refractivity contribution is -0.133. The summed E-state index contributed by atoms with van der Waals surface area (Å²) in [4.78, 5) is 42.4. The number of benzene rings is 1. The minimum atomic E-state index is -0.978. The molecule has 8 nitrogen and oxygen atoms in total. The molecule has 0 spiro atoms. The Morgan fingerprint density at radius 1 is 1.24 bits per heavy atom. The predicted molar refractivity (Wildman–Crippen MR) is 130 cm³/mol. The zero-order valence-electron chi connectivity index (χ0n) is 20.9. The molecule has 34 heavy (non-hydrogen) atoms. The van der Waals surface area contributed by atoms with Crippen LogP contribution in [0.5, 0.6) is 5.75 Å². The summed E-state index contributed by atoms with van der Waals surface area (Å²) >= 11 is 0. The maximum Gasteiger partial charge on any atom is 0.270 e. The molecule has 2 amide bonds. The van der Waals surface area contributed by atoms with Gasteiger partial charge in [-0.3, -0.25) is 14.4 Å². The molecule has 0 unspecified atom stereocenters. The van der Waals surface area contributed by atoms with Crippen molar-refractivity contribution < 1.29 is 23.9 Å². The highest BCUT2D eigenvalue weighted by Crippen LogP contribution is 2.42. The summed E-state index contributed by atoms with van der Waals surface area (Å²) in [7, 11) is 0. The van der Waals surface area contributed by atoms with Gasteiger partial charge < -0.3 is 24.6 Å². The summed E-state index contributed by atoms with van der Waals surface area (Å²) in [6, 6.07) is 5.81. The fraction of sp³-hybridized carbons (Fsp3) is 0.654. The van der Waals surface area contributed by atoms with Gasteiger partial charge in [0.1, 0.15) is 11.5 Å². The molecule has 2 fully saturated rings. The number of anilines is 2. The van der Waals surface area contributed by atoms with Crippen LogP contribution in [0.1, 0.15) is 53.9 Å². The molecule has 1 N–H and O–H groups in total. The van der Waals surface area contributed by atoms with E-state index in [1.807, 2.05) is 36.9 Å². The number of amides is 2. The van der Waals surface area contributed by atoms with Crippen LogP contribution in [-0.2, 0) is 19.1 Å². The number of fused-ring (bicyclic) bond motifs is 1. The van der Waals surface area contributed by atoms with Crippen molar-refractivity contribution in [2.75, 3.05) is 36.0 Å². The van der Waals surface area contributed by atoms with Crippen molar-refractivity contribution in [2.45, 2.75) is 71.6 Å². The number of hydrogen-bond donors (Lipinski definition) is 1. The lowest BCUT2D eigenvalue weighted by Crippen LogP contribution is -2.53. The van der Waals surface area contributed by atoms with E-state index in [2.05, 4.69) is 5.32 Å². The third-order valence-corrected chi connectivity index (χ3v) is 6.83. The van der Waals surface area contributed by atoms with E-state index in [1.54, 1.807) is 25.7 Å². The first kappa shape index (κ1) is 24.7. The van der Waals surface area contributed by atoms with Crippen LogP contribution in [0.15, 0.2) is 18.2 Å². The van der Waals surface area contributed by atoms with Crippen molar-refractivity contribution in [1.29, 1.82) is 0 Å². The van der Waals surface area contributed by atoms with Crippen LogP contribution in [0.2, 0.25) is 0 Å². The van der Waals surface area contributed by atoms with Gasteiger partial charge in [-0.2, -0.15) is 0 Å². The van der Waals surface area contributed by atoms with Gasteiger partial charge in [0.05, 0.1) is 24.3 Å². The standard InChI is InChI=1S/C26H37N3O5/c1-16(2)33-11-10-28-22-13-21(8-9-23(22)34-26(4,5)25(28)32)29(20-6-7-20)24(31)19-12-18(17(3)30)14-27-15-19/h8-9,13,16,18-20,27H,6-7,10-12,14-15H2,1-5H3/t18-,19+/m0/s1. The first-order valence-electron chi connectivity index (χ1n) is 12.4. The third kappa shape index (κ3) is 5.13. The monoisotopic (exact) mass is 471 g/mol. The largest absolute Gasteiger partial charge is 0.476 e. The Morgan fingerprint density at radius 3 is 2.59 bits per heavy atom. The van der Waals surface area contributed by atoms with Gasteiger partial charge in [0.25, 0.3) is 5.91 Å². The number of piperidine rings is 1. The maximum atomic E-state index is 13.7. The highest BCUT2D eigenvalue weighted by atomic mass is 16.5. The summed E-state index contributed by atoms with van der Waals surface area (Å²) < 4.78 is 11.7. The molecule has 2 aliphatic heterocycles. The van der Waals surface area contributed by atoms with Crippen molar-refractivity contribution in [1.82, 2.24) is 5.32 Å². The minimum absolute atomic E-state index is 0.0407. The van der Waals surface area contributed by atoms with Crippen LogP contribution in [0, 0.1) is 11.8 Å². The molecule has 1 aromatic carbocycles. The van der Waals surface area contributed by atoms with E-state index in [0.29, 0.717) is 44.1 Å². The zero-order valence-corrected chi connectivity index (χ0v) is 20.9. The summed E-state index contributed by atoms with van der Waals surface area (Å²) in [5.74, 6) is 0.281. The maximum absolute atomic E-state index is 13.7. The molecule has 2 atom stereocenters. The Labute approximate surface area is 201 Å². The fourth-order valence-corrected chi connectivity index (χ4v) is 4.79. The molecule has 1 saturated carbocycles. The number of carbonyl (C=O) groups is 3. The van der Waals surface area contributed by atoms with Crippen LogP contribution in [0.25, 0.3) is 0 Å². The summed E-state index contributed by atoms with van der Waals surface area (Å²) in [5, 5.41) is 3.26. The van der Waals surface area contributed by atoms with Gasteiger partial charge in [-0.15, -0.1) is 0 Å². The number of carbonyl (C=O) groups excluding carboxylic acids is 3. The minimum Gasteiger partial charge on any atom is -0.476 e. The van der Waals surface area contributed by atoms with E-state index >= 15 is 0 Å². The second-order valence-corrected chi connectivity index (χ2v) is 10.5. The van der Waals surface area contributed by atoms with Gasteiger partial charge in [-0.25, -0.2) is 0 Å². The first-order valence-corrected chi connectivity index (χ1v) is 12.4. The smallest absolute Gasteiger partial charge is 0.270 e. The van der Waals surface area contributed by atoms with Crippen LogP contribution in [0.4, 0.5) is 11.4 Å². The second-order valence-electron chi connectivity index (χ2n) is 10.5. The summed E-state index contributed by atoms with van der Waals surface area (Å²) in [6.07, 6.45) is 2.55. The van der Waals surface area contributed by atoms with Crippen LogP contribution >= 0.6 is 0 Å². The number of ether oxygens (including phenoxy) is 2. The van der Waals surface area contributed by atoms with Crippen LogP contribution in [-0.4, -0.2) is 61.6 Å². The number of Topliss-reactive ketones (excluding diaryl/α,β-unsaturated/α-hetero) is 1. The zero-order chi connectivity index (χ0) is 24.6. The second kappa shape index (κ2) is 9.66. The molecular weight excluding hydrogens is 434 g/mol. The van der Waals surface area contributed by atoms with E-state index in [4.69, 9.17) is 9.47 Å². The molecule has 1 saturated heterocycles. The summed E-state index contributed by atoms with van der Waals surface area (Å²) in [5.41, 5.74) is 0.450. The van der Waals surface area contributed by atoms with Crippen molar-refractivity contribution in [3.63, 3.8) is 0 Å². The molecule has 3 aliphatic rings. The molecule has 0 aromatic heterocycles. The van der Waals surface area contributed by atoms with E-state index in [-0.39, 0.29) is 41.6 Å². The molecule has 1 aliphatic carbocycles. The molecule has 8 heteroatoms. The quantitative estimate of drug-likeness (QED) is 0.627. The number of nitrogens with zero attached hydrogens (tertiary/aromatic N) is 2. The molecule has 0 radical (unpaired) electrons. The SMILES string of the molecule is CC(=O)[C@@H]1CNC[C@H](C(=O)N(c2ccc3c(c2)N(CCOC(C)C)C(=O)C(C)(C)O3)C2CC2)C1. The van der Waals surface area contributed by atoms with Crippen molar-refractivity contribution in [3.05, 3.63) is 18.2 Å². The first-order chi connectivity index (χ1) is 16.1. The van der Waals surface area contributed by atoms with Gasteiger partial charge in [-0.1, -0.05) is 0 Å². The van der Waals surface area contributed by atoms with Gasteiger partial charge in [0, 0.05) is 37.3 Å². The van der Waals surface area contributed by atoms with Gasteiger partial charge in [0.2, 0.25) is 5.91 Å². The van der Waals surface area contributed by atoms with Crippen LogP contribution in [0.3, 0.4) is 0 Å². The third-order valence-electron chi connectivity index (χ3n) is 6.83. The lowest BCUT2D eigenvalue weighted by atomic mass is 9.87. The molecule has 1 aromatic rings. The summed E-state index contributed by atoms with van der Waals surface area (Å²) in [6.45, 7) is 11.1. The Hall–Kier alpha value is -2.45. The fourth-order valence-electron chi connectivity index (χ4n) is 4.79. The Morgan fingerprint density at radius 2 is 1.94 bits per heavy atom. The number of rotatable bonds is 8. The molecule has 2 heterocycles. The predicted octanol–water partition coefficient (Wildman–Crippen LogP) is 2.93. The Kier molecular flexibility index (Phi) is 7.01.